The third-order valence-electron chi connectivity index (χ3n) is 4.21. The lowest BCUT2D eigenvalue weighted by Gasteiger charge is -2.04. The van der Waals surface area contributed by atoms with Gasteiger partial charge < -0.3 is 4.74 Å². The molecule has 0 aliphatic rings. The molecule has 2 aromatic carbocycles. The Balaban J connectivity index is 1.34. The van der Waals surface area contributed by atoms with E-state index in [0.717, 1.165) is 5.56 Å². The number of amides is 1. The molecule has 158 valence electrons. The summed E-state index contributed by atoms with van der Waals surface area (Å²) in [5.41, 5.74) is 1.56. The van der Waals surface area contributed by atoms with Crippen molar-refractivity contribution in [1.29, 1.82) is 0 Å². The number of carbonyl (C=O) groups is 1. The molecule has 31 heavy (non-hydrogen) atoms. The van der Waals surface area contributed by atoms with Gasteiger partial charge in [-0.05, 0) is 53.4 Å². The number of nitrogens with one attached hydrogen (secondary N) is 1. The fourth-order valence-corrected chi connectivity index (χ4v) is 3.83. The van der Waals surface area contributed by atoms with Crippen LogP contribution in [0.2, 0.25) is 10.0 Å². The third-order valence-corrected chi connectivity index (χ3v) is 5.79. The molecule has 1 amide bonds. The van der Waals surface area contributed by atoms with E-state index in [4.69, 9.17) is 27.9 Å². The Morgan fingerprint density at radius 2 is 1.97 bits per heavy atom. The second kappa shape index (κ2) is 9.47. The Labute approximate surface area is 191 Å². The summed E-state index contributed by atoms with van der Waals surface area (Å²) in [6, 6.07) is 13.0. The second-order valence-corrected chi connectivity index (χ2v) is 8.27. The van der Waals surface area contributed by atoms with Gasteiger partial charge in [0.05, 0.1) is 11.4 Å². The quantitative estimate of drug-likeness (QED) is 0.373. The topological polar surface area (TPSA) is 69.0 Å². The first-order chi connectivity index (χ1) is 15.0. The van der Waals surface area contributed by atoms with E-state index in [-0.39, 0.29) is 11.9 Å². The molecule has 0 aliphatic heterocycles. The number of aromatic nitrogens is 3. The van der Waals surface area contributed by atoms with E-state index in [1.54, 1.807) is 36.4 Å². The summed E-state index contributed by atoms with van der Waals surface area (Å²) in [4.78, 5) is 17.1. The van der Waals surface area contributed by atoms with Gasteiger partial charge in [0.25, 0.3) is 5.91 Å². The molecule has 0 atom stereocenters. The highest BCUT2D eigenvalue weighted by Crippen LogP contribution is 2.21. The van der Waals surface area contributed by atoms with Crippen molar-refractivity contribution >= 4 is 46.4 Å². The second-order valence-electron chi connectivity index (χ2n) is 6.52. The first-order valence-corrected chi connectivity index (χ1v) is 10.7. The number of benzene rings is 2. The highest BCUT2D eigenvalue weighted by Gasteiger charge is 2.13. The number of nitrogens with zero attached hydrogens (tertiary/aromatic N) is 3. The van der Waals surface area contributed by atoms with Crippen molar-refractivity contribution in [2.24, 2.45) is 0 Å². The number of anilines is 1. The Kier molecular flexibility index (Phi) is 6.50. The summed E-state index contributed by atoms with van der Waals surface area (Å²) in [6.07, 6.45) is 1.47. The van der Waals surface area contributed by atoms with Gasteiger partial charge in [0.15, 0.2) is 0 Å². The molecule has 0 bridgehead atoms. The van der Waals surface area contributed by atoms with Crippen molar-refractivity contribution in [3.05, 3.63) is 92.1 Å². The van der Waals surface area contributed by atoms with Crippen LogP contribution in [0.5, 0.6) is 5.75 Å². The van der Waals surface area contributed by atoms with Gasteiger partial charge in [0, 0.05) is 15.6 Å². The molecule has 0 spiro atoms. The molecule has 0 fully saturated rings. The van der Waals surface area contributed by atoms with Crippen LogP contribution in [-0.2, 0) is 13.2 Å². The normalized spacial score (nSPS) is 10.8. The van der Waals surface area contributed by atoms with Crippen LogP contribution in [0.25, 0.3) is 0 Å². The minimum atomic E-state index is -0.408. The van der Waals surface area contributed by atoms with Crippen LogP contribution in [-0.4, -0.2) is 20.7 Å². The molecule has 1 N–H and O–H groups in total. The number of hydrogen-bond acceptors (Lipinski definition) is 5. The van der Waals surface area contributed by atoms with E-state index in [2.05, 4.69) is 15.4 Å². The monoisotopic (exact) mass is 476 g/mol. The highest BCUT2D eigenvalue weighted by molar-refractivity contribution is 7.12. The van der Waals surface area contributed by atoms with E-state index in [0.29, 0.717) is 39.4 Å². The number of ether oxygens (including phenoxy) is 1. The van der Waals surface area contributed by atoms with Gasteiger partial charge in [-0.15, -0.1) is 16.4 Å². The van der Waals surface area contributed by atoms with Crippen molar-refractivity contribution in [2.45, 2.75) is 13.2 Å². The van der Waals surface area contributed by atoms with Crippen LogP contribution in [0, 0.1) is 5.82 Å². The number of thiophene rings is 1. The Morgan fingerprint density at radius 3 is 2.74 bits per heavy atom. The number of rotatable bonds is 7. The van der Waals surface area contributed by atoms with Gasteiger partial charge in [0.1, 0.15) is 24.5 Å². The van der Waals surface area contributed by atoms with Gasteiger partial charge in [-0.1, -0.05) is 29.3 Å². The number of halogens is 3. The van der Waals surface area contributed by atoms with Crippen LogP contribution < -0.4 is 10.1 Å². The van der Waals surface area contributed by atoms with Crippen LogP contribution >= 0.6 is 34.5 Å². The molecule has 2 aromatic heterocycles. The molecule has 0 radical (unpaired) electrons. The van der Waals surface area contributed by atoms with Crippen molar-refractivity contribution in [3.63, 3.8) is 0 Å². The lowest BCUT2D eigenvalue weighted by atomic mass is 10.2. The zero-order valence-electron chi connectivity index (χ0n) is 15.9. The molecule has 6 nitrogen and oxygen atoms in total. The average molecular weight is 477 g/mol. The van der Waals surface area contributed by atoms with Gasteiger partial charge in [-0.2, -0.15) is 0 Å². The smallest absolute Gasteiger partial charge is 0.268 e. The van der Waals surface area contributed by atoms with Crippen molar-refractivity contribution in [3.8, 4) is 5.75 Å². The first-order valence-electron chi connectivity index (χ1n) is 9.07. The zero-order chi connectivity index (χ0) is 21.8. The summed E-state index contributed by atoms with van der Waals surface area (Å²) >= 11 is 13.2. The molecule has 0 saturated heterocycles. The third kappa shape index (κ3) is 5.61. The van der Waals surface area contributed by atoms with Crippen LogP contribution in [0.3, 0.4) is 0 Å². The molecule has 4 aromatic rings. The first kappa shape index (κ1) is 21.3. The highest BCUT2D eigenvalue weighted by atomic mass is 35.5. The Morgan fingerprint density at radius 1 is 1.16 bits per heavy atom. The maximum atomic E-state index is 13.2. The summed E-state index contributed by atoms with van der Waals surface area (Å²) in [6.45, 7) is 0.629. The summed E-state index contributed by atoms with van der Waals surface area (Å²) < 4.78 is 20.4. The molecule has 4 rings (SSSR count). The summed E-state index contributed by atoms with van der Waals surface area (Å²) in [7, 11) is 0. The van der Waals surface area contributed by atoms with Crippen LogP contribution in [0.4, 0.5) is 10.3 Å². The molecule has 0 unspecified atom stereocenters. The van der Waals surface area contributed by atoms with Crippen molar-refractivity contribution in [1.82, 2.24) is 14.8 Å². The van der Waals surface area contributed by atoms with Gasteiger partial charge >= 0.3 is 0 Å². The molecule has 10 heteroatoms. The van der Waals surface area contributed by atoms with Gasteiger partial charge in [0.2, 0.25) is 5.95 Å². The van der Waals surface area contributed by atoms with Crippen molar-refractivity contribution in [2.75, 3.05) is 5.32 Å². The maximum Gasteiger partial charge on any atom is 0.268 e. The molecule has 2 heterocycles. The lowest BCUT2D eigenvalue weighted by molar-refractivity contribution is 0.102. The Hall–Kier alpha value is -2.94. The van der Waals surface area contributed by atoms with E-state index in [9.17, 15) is 9.18 Å². The van der Waals surface area contributed by atoms with Crippen molar-refractivity contribution < 1.29 is 13.9 Å². The average Bonchev–Trinajstić information content (AvgIpc) is 3.39. The standard InChI is InChI=1S/C21H15Cl2FN4O2S/c22-15-2-5-17(6-3-15)30-10-13-7-19(31-11-13)20(29)26-21-25-12-28(27-21)9-14-1-4-16(24)8-18(14)23/h1-8,11-12H,9-10H2,(H,26,27,29). The van der Waals surface area contributed by atoms with Gasteiger partial charge in [-0.3, -0.25) is 10.1 Å². The Bertz CT molecular complexity index is 1210. The largest absolute Gasteiger partial charge is 0.489 e. The molecular formula is C21H15Cl2FN4O2S. The maximum absolute atomic E-state index is 13.2. The number of carbonyl (C=O) groups excluding carboxylic acids is 1. The fourth-order valence-electron chi connectivity index (χ4n) is 2.68. The van der Waals surface area contributed by atoms with E-state index < -0.39 is 5.82 Å². The van der Waals surface area contributed by atoms with E-state index >= 15 is 0 Å². The van der Waals surface area contributed by atoms with Crippen LogP contribution in [0.15, 0.2) is 60.2 Å². The summed E-state index contributed by atoms with van der Waals surface area (Å²) in [5, 5.41) is 9.67. The lowest BCUT2D eigenvalue weighted by Crippen LogP contribution is -2.12. The van der Waals surface area contributed by atoms with E-state index in [1.807, 2.05) is 5.38 Å². The summed E-state index contributed by atoms with van der Waals surface area (Å²) in [5.74, 6) is 0.127. The molecule has 0 aliphatic carbocycles. The molecular weight excluding hydrogens is 462 g/mol. The predicted octanol–water partition coefficient (Wildman–Crippen LogP) is 5.67. The minimum Gasteiger partial charge on any atom is -0.489 e. The number of hydrogen-bond donors (Lipinski definition) is 1. The SMILES string of the molecule is O=C(Nc1ncn(Cc2ccc(F)cc2Cl)n1)c1cc(COc2ccc(Cl)cc2)cs1. The zero-order valence-corrected chi connectivity index (χ0v) is 18.2. The predicted molar refractivity (Wildman–Crippen MR) is 119 cm³/mol. The minimum absolute atomic E-state index is 0.163. The fraction of sp³-hybridized carbons (Fsp3) is 0.0952. The van der Waals surface area contributed by atoms with E-state index in [1.165, 1.54) is 34.5 Å². The molecule has 0 saturated carbocycles. The van der Waals surface area contributed by atoms with Crippen LogP contribution in [0.1, 0.15) is 20.8 Å². The van der Waals surface area contributed by atoms with Gasteiger partial charge in [-0.25, -0.2) is 14.1 Å².